The van der Waals surface area contributed by atoms with Gasteiger partial charge < -0.3 is 9.31 Å². The van der Waals surface area contributed by atoms with Gasteiger partial charge in [0.1, 0.15) is 11.4 Å². The predicted molar refractivity (Wildman–Crippen MR) is 101 cm³/mol. The predicted octanol–water partition coefficient (Wildman–Crippen LogP) is 4.58. The van der Waals surface area contributed by atoms with Crippen molar-refractivity contribution in [3.63, 3.8) is 0 Å². The van der Waals surface area contributed by atoms with E-state index in [1.807, 2.05) is 27.7 Å². The van der Waals surface area contributed by atoms with E-state index < -0.39 is 24.0 Å². The van der Waals surface area contributed by atoms with Crippen LogP contribution in [0, 0.1) is 0 Å². The van der Waals surface area contributed by atoms with Crippen LogP contribution < -0.4 is 0 Å². The second kappa shape index (κ2) is 6.96. The van der Waals surface area contributed by atoms with Gasteiger partial charge in [0, 0.05) is 10.0 Å². The van der Waals surface area contributed by atoms with E-state index in [0.29, 0.717) is 22.3 Å². The van der Waals surface area contributed by atoms with Gasteiger partial charge in [0.15, 0.2) is 0 Å². The molecule has 0 bridgehead atoms. The van der Waals surface area contributed by atoms with Crippen molar-refractivity contribution in [2.75, 3.05) is 0 Å². The Labute approximate surface area is 162 Å². The monoisotopic (exact) mass is 397 g/mol. The van der Waals surface area contributed by atoms with Crippen LogP contribution in [0.5, 0.6) is 0 Å². The van der Waals surface area contributed by atoms with E-state index in [-0.39, 0.29) is 0 Å². The molecule has 26 heavy (non-hydrogen) atoms. The maximum atomic E-state index is 14.5. The molecule has 0 spiro atoms. The summed E-state index contributed by atoms with van der Waals surface area (Å²) in [6.45, 7) is 7.89. The molecule has 2 heterocycles. The van der Waals surface area contributed by atoms with Gasteiger partial charge in [-0.3, -0.25) is 0 Å². The lowest BCUT2D eigenvalue weighted by atomic mass is 9.87. The summed E-state index contributed by atoms with van der Waals surface area (Å²) < 4.78 is 27.5. The maximum absolute atomic E-state index is 14.5. The Hall–Kier alpha value is -1.41. The van der Waals surface area contributed by atoms with Gasteiger partial charge >= 0.3 is 7.12 Å². The number of rotatable bonds is 4. The summed E-state index contributed by atoms with van der Waals surface area (Å²) in [5, 5.41) is 9.04. The third-order valence-electron chi connectivity index (χ3n) is 4.59. The maximum Gasteiger partial charge on any atom is 0.525 e. The van der Waals surface area contributed by atoms with Gasteiger partial charge in [0.25, 0.3) is 0 Å². The van der Waals surface area contributed by atoms with Crippen LogP contribution in [-0.4, -0.2) is 33.3 Å². The van der Waals surface area contributed by atoms with Crippen molar-refractivity contribution in [1.29, 1.82) is 0 Å². The topological polar surface area (TPSA) is 49.2 Å². The molecule has 5 nitrogen and oxygen atoms in total. The van der Waals surface area contributed by atoms with E-state index in [2.05, 4.69) is 10.3 Å². The van der Waals surface area contributed by atoms with Gasteiger partial charge in [-0.1, -0.05) is 28.4 Å². The smallest absolute Gasteiger partial charge is 0.398 e. The fraction of sp³-hybridized carbons (Fsp3) is 0.412. The molecule has 0 radical (unpaired) electrons. The fourth-order valence-electron chi connectivity index (χ4n) is 2.51. The van der Waals surface area contributed by atoms with Crippen LogP contribution in [0.4, 0.5) is 4.39 Å². The molecule has 0 amide bonds. The molecule has 0 N–H and O–H groups in total. The molecule has 3 rings (SSSR count). The Morgan fingerprint density at radius 2 is 1.73 bits per heavy atom. The summed E-state index contributed by atoms with van der Waals surface area (Å²) >= 11 is 12.0. The lowest BCUT2D eigenvalue weighted by Gasteiger charge is -2.32. The van der Waals surface area contributed by atoms with E-state index in [1.54, 1.807) is 29.1 Å². The molecule has 0 saturated carbocycles. The van der Waals surface area contributed by atoms with Crippen LogP contribution in [0.2, 0.25) is 10.0 Å². The summed E-state index contributed by atoms with van der Waals surface area (Å²) in [6.07, 6.45) is 2.89. The van der Waals surface area contributed by atoms with Crippen molar-refractivity contribution in [3.8, 4) is 0 Å². The van der Waals surface area contributed by atoms with Crippen molar-refractivity contribution in [2.45, 2.75) is 45.4 Å². The molecule has 1 aromatic heterocycles. The lowest BCUT2D eigenvalue weighted by molar-refractivity contribution is 0.00578. The Bertz CT molecular complexity index is 818. The van der Waals surface area contributed by atoms with Gasteiger partial charge in [-0.05, 0) is 57.5 Å². The third kappa shape index (κ3) is 4.12. The molecule has 138 valence electrons. The summed E-state index contributed by atoms with van der Waals surface area (Å²) in [4.78, 5) is 0. The van der Waals surface area contributed by atoms with Crippen LogP contribution >= 0.6 is 23.2 Å². The molecule has 1 aromatic carbocycles. The Morgan fingerprint density at radius 1 is 1.15 bits per heavy atom. The van der Waals surface area contributed by atoms with Gasteiger partial charge in [0.2, 0.25) is 0 Å². The molecule has 1 aliphatic rings. The molecule has 0 unspecified atom stereocenters. The van der Waals surface area contributed by atoms with Gasteiger partial charge in [0.05, 0.1) is 23.9 Å². The number of halogens is 3. The van der Waals surface area contributed by atoms with Crippen LogP contribution in [-0.2, 0) is 15.9 Å². The highest BCUT2D eigenvalue weighted by molar-refractivity contribution is 6.54. The lowest BCUT2D eigenvalue weighted by Crippen LogP contribution is -2.41. The van der Waals surface area contributed by atoms with E-state index >= 15 is 0 Å². The number of aromatic nitrogens is 3. The third-order valence-corrected chi connectivity index (χ3v) is 5.02. The summed E-state index contributed by atoms with van der Waals surface area (Å²) in [7, 11) is -1.06. The molecule has 9 heteroatoms. The average Bonchev–Trinajstić information content (AvgIpc) is 3.00. The number of benzene rings is 1. The molecule has 1 fully saturated rings. The van der Waals surface area contributed by atoms with Gasteiger partial charge in [-0.2, -0.15) is 0 Å². The number of nitrogens with zero attached hydrogens (tertiary/aromatic N) is 3. The first-order chi connectivity index (χ1) is 12.1. The Kier molecular flexibility index (Phi) is 5.18. The minimum Gasteiger partial charge on any atom is -0.398 e. The minimum absolute atomic E-state index is 0.366. The Morgan fingerprint density at radius 3 is 2.31 bits per heavy atom. The van der Waals surface area contributed by atoms with Crippen molar-refractivity contribution in [1.82, 2.24) is 15.0 Å². The van der Waals surface area contributed by atoms with E-state index in [0.717, 1.165) is 5.56 Å². The van der Waals surface area contributed by atoms with Gasteiger partial charge in [-0.25, -0.2) is 9.07 Å². The van der Waals surface area contributed by atoms with Crippen LogP contribution in [0.3, 0.4) is 0 Å². The fourth-order valence-corrected chi connectivity index (χ4v) is 3.08. The van der Waals surface area contributed by atoms with Crippen molar-refractivity contribution in [3.05, 3.63) is 51.4 Å². The molecule has 1 saturated heterocycles. The number of hydrogen-bond donors (Lipinski definition) is 0. The zero-order valence-corrected chi connectivity index (χ0v) is 16.5. The zero-order valence-electron chi connectivity index (χ0n) is 15.0. The Balaban J connectivity index is 1.73. The molecular formula is C17H19BCl2FN3O2. The summed E-state index contributed by atoms with van der Waals surface area (Å²) in [5.74, 6) is 0. The van der Waals surface area contributed by atoms with Crippen molar-refractivity contribution in [2.24, 2.45) is 0 Å². The van der Waals surface area contributed by atoms with E-state index in [9.17, 15) is 4.39 Å². The number of hydrogen-bond acceptors (Lipinski definition) is 4. The van der Waals surface area contributed by atoms with Gasteiger partial charge in [-0.15, -0.1) is 5.10 Å². The molecule has 1 aliphatic heterocycles. The van der Waals surface area contributed by atoms with Crippen molar-refractivity contribution < 1.29 is 13.7 Å². The average molecular weight is 398 g/mol. The van der Waals surface area contributed by atoms with Crippen molar-refractivity contribution >= 4 is 36.4 Å². The molecular weight excluding hydrogens is 379 g/mol. The molecule has 2 aromatic rings. The zero-order chi connectivity index (χ0) is 19.1. The second-order valence-corrected chi connectivity index (χ2v) is 8.11. The summed E-state index contributed by atoms with van der Waals surface area (Å²) in [5.41, 5.74) is -0.528. The van der Waals surface area contributed by atoms with Crippen LogP contribution in [0.25, 0.3) is 6.08 Å². The van der Waals surface area contributed by atoms with Crippen LogP contribution in [0.15, 0.2) is 30.1 Å². The second-order valence-electron chi connectivity index (χ2n) is 7.24. The first-order valence-corrected chi connectivity index (χ1v) is 8.89. The first-order valence-electron chi connectivity index (χ1n) is 8.13. The normalized spacial score (nSPS) is 19.2. The largest absolute Gasteiger partial charge is 0.525 e. The molecule has 0 atom stereocenters. The van der Waals surface area contributed by atoms with Crippen LogP contribution in [0.1, 0.15) is 39.0 Å². The SMILES string of the molecule is CC1(C)OB(C(F)=Cc2cn(Cc3cc(Cl)cc(Cl)c3)nn2)OC1(C)C. The summed E-state index contributed by atoms with van der Waals surface area (Å²) in [6, 6.07) is 5.23. The minimum atomic E-state index is -1.06. The van der Waals surface area contributed by atoms with E-state index in [1.165, 1.54) is 6.08 Å². The standard InChI is InChI=1S/C17H19BCl2FN3O2/c1-16(2)17(3,4)26-18(25-16)15(21)8-14-10-24(23-22-14)9-11-5-12(19)7-13(20)6-11/h5-8,10H,9H2,1-4H3. The first kappa shape index (κ1) is 19.4. The quantitative estimate of drug-likeness (QED) is 0.708. The highest BCUT2D eigenvalue weighted by Gasteiger charge is 2.53. The highest BCUT2D eigenvalue weighted by atomic mass is 35.5. The molecule has 0 aliphatic carbocycles. The van der Waals surface area contributed by atoms with E-state index in [4.69, 9.17) is 32.5 Å². The highest BCUT2D eigenvalue weighted by Crippen LogP contribution is 2.39.